The molecule has 2 aliphatic carbocycles. The summed E-state index contributed by atoms with van der Waals surface area (Å²) >= 11 is 0. The van der Waals surface area contributed by atoms with E-state index >= 15 is 0 Å². The highest BCUT2D eigenvalue weighted by Gasteiger charge is 2.64. The van der Waals surface area contributed by atoms with Crippen LogP contribution < -0.4 is 5.73 Å². The maximum Gasteiger partial charge on any atom is 0.249 e. The van der Waals surface area contributed by atoms with Gasteiger partial charge in [0, 0.05) is 24.0 Å². The molecule has 1 fully saturated rings. The molecular formula is C9H12F3N. The minimum absolute atomic E-state index is 0.119. The molecule has 4 unspecified atom stereocenters. The van der Waals surface area contributed by atoms with Gasteiger partial charge >= 0.3 is 0 Å². The van der Waals surface area contributed by atoms with Crippen molar-refractivity contribution in [2.75, 3.05) is 0 Å². The second-order valence-corrected chi connectivity index (χ2v) is 4.10. The highest BCUT2D eigenvalue weighted by Crippen LogP contribution is 2.60. The zero-order valence-corrected chi connectivity index (χ0v) is 7.31. The van der Waals surface area contributed by atoms with Crippen LogP contribution in [0.4, 0.5) is 13.2 Å². The molecule has 13 heavy (non-hydrogen) atoms. The van der Waals surface area contributed by atoms with Gasteiger partial charge in [-0.3, -0.25) is 0 Å². The summed E-state index contributed by atoms with van der Waals surface area (Å²) in [6.45, 7) is 0.854. The van der Waals surface area contributed by atoms with Gasteiger partial charge in [-0.25, -0.2) is 13.2 Å². The fraction of sp³-hybridized carbons (Fsp3) is 0.778. The number of allylic oxidation sites excluding steroid dienone is 2. The number of halogens is 3. The van der Waals surface area contributed by atoms with E-state index in [-0.39, 0.29) is 12.3 Å². The van der Waals surface area contributed by atoms with Gasteiger partial charge in [0.25, 0.3) is 0 Å². The van der Waals surface area contributed by atoms with Crippen molar-refractivity contribution in [2.45, 2.75) is 25.4 Å². The van der Waals surface area contributed by atoms with E-state index in [0.717, 1.165) is 6.92 Å². The monoisotopic (exact) mass is 191 g/mol. The molecule has 1 nitrogen and oxygen atoms in total. The van der Waals surface area contributed by atoms with Crippen molar-refractivity contribution in [2.24, 2.45) is 23.5 Å². The standard InChI is InChI=1S/C9H12F3N/c1-9(11,12)8-5-2-4(13)3-6(10)7(5)8/h2,5-8H,3,13H2,1H3. The maximum atomic E-state index is 13.2. The van der Waals surface area contributed by atoms with E-state index in [1.165, 1.54) is 0 Å². The van der Waals surface area contributed by atoms with E-state index in [4.69, 9.17) is 5.73 Å². The normalized spacial score (nSPS) is 43.8. The maximum absolute atomic E-state index is 13.2. The summed E-state index contributed by atoms with van der Waals surface area (Å²) in [5, 5.41) is 0. The molecule has 2 N–H and O–H groups in total. The summed E-state index contributed by atoms with van der Waals surface area (Å²) in [4.78, 5) is 0. The Hall–Kier alpha value is -0.670. The SMILES string of the molecule is CC(F)(F)C1C2C=C(N)CC(F)C21. The number of nitrogens with two attached hydrogens (primary N) is 1. The lowest BCUT2D eigenvalue weighted by molar-refractivity contribution is -0.0134. The Kier molecular flexibility index (Phi) is 1.66. The quantitative estimate of drug-likeness (QED) is 0.674. The van der Waals surface area contributed by atoms with Crippen LogP contribution in [0.15, 0.2) is 11.8 Å². The predicted octanol–water partition coefficient (Wildman–Crippen LogP) is 2.09. The third-order valence-corrected chi connectivity index (χ3v) is 2.97. The average Bonchev–Trinajstić information content (AvgIpc) is 2.58. The van der Waals surface area contributed by atoms with Crippen molar-refractivity contribution < 1.29 is 13.2 Å². The second-order valence-electron chi connectivity index (χ2n) is 4.10. The smallest absolute Gasteiger partial charge is 0.249 e. The summed E-state index contributed by atoms with van der Waals surface area (Å²) < 4.78 is 38.9. The average molecular weight is 191 g/mol. The van der Waals surface area contributed by atoms with E-state index in [2.05, 4.69) is 0 Å². The lowest BCUT2D eigenvalue weighted by Crippen LogP contribution is -2.18. The van der Waals surface area contributed by atoms with Crippen LogP contribution in [0.25, 0.3) is 0 Å². The molecule has 0 saturated heterocycles. The molecule has 0 aromatic rings. The van der Waals surface area contributed by atoms with Crippen LogP contribution in [0.3, 0.4) is 0 Å². The first kappa shape index (κ1) is 8.91. The van der Waals surface area contributed by atoms with Crippen molar-refractivity contribution >= 4 is 0 Å². The first-order valence-corrected chi connectivity index (χ1v) is 4.39. The van der Waals surface area contributed by atoms with Gasteiger partial charge in [-0.05, 0) is 12.8 Å². The Labute approximate surface area is 74.8 Å². The first-order valence-electron chi connectivity index (χ1n) is 4.39. The summed E-state index contributed by atoms with van der Waals surface area (Å²) in [6.07, 6.45) is 0.544. The molecule has 0 aromatic carbocycles. The molecule has 4 atom stereocenters. The third kappa shape index (κ3) is 1.32. The Bertz CT molecular complexity index is 256. The molecule has 2 rings (SSSR count). The van der Waals surface area contributed by atoms with Gasteiger partial charge in [0.2, 0.25) is 5.92 Å². The zero-order valence-electron chi connectivity index (χ0n) is 7.31. The lowest BCUT2D eigenvalue weighted by Gasteiger charge is -2.12. The van der Waals surface area contributed by atoms with Crippen LogP contribution in [0.1, 0.15) is 13.3 Å². The Morgan fingerprint density at radius 3 is 2.69 bits per heavy atom. The highest BCUT2D eigenvalue weighted by molar-refractivity contribution is 5.22. The van der Waals surface area contributed by atoms with E-state index < -0.39 is 23.9 Å². The van der Waals surface area contributed by atoms with E-state index in [1.807, 2.05) is 0 Å². The van der Waals surface area contributed by atoms with Crippen LogP contribution in [-0.2, 0) is 0 Å². The summed E-state index contributed by atoms with van der Waals surface area (Å²) in [7, 11) is 0. The van der Waals surface area contributed by atoms with Gasteiger partial charge in [-0.2, -0.15) is 0 Å². The van der Waals surface area contributed by atoms with Crippen LogP contribution in [0.5, 0.6) is 0 Å². The summed E-state index contributed by atoms with van der Waals surface area (Å²) in [5.74, 6) is -4.43. The molecule has 0 aromatic heterocycles. The molecule has 0 spiro atoms. The van der Waals surface area contributed by atoms with Crippen molar-refractivity contribution in [3.05, 3.63) is 11.8 Å². The molecule has 0 amide bonds. The lowest BCUT2D eigenvalue weighted by atomic mass is 10.0. The third-order valence-electron chi connectivity index (χ3n) is 2.97. The summed E-state index contributed by atoms with van der Waals surface area (Å²) in [5.41, 5.74) is 5.84. The van der Waals surface area contributed by atoms with Crippen LogP contribution in [0, 0.1) is 17.8 Å². The molecule has 1 saturated carbocycles. The topological polar surface area (TPSA) is 26.0 Å². The predicted molar refractivity (Wildman–Crippen MR) is 42.9 cm³/mol. The summed E-state index contributed by atoms with van der Waals surface area (Å²) in [6, 6.07) is 0. The molecule has 74 valence electrons. The van der Waals surface area contributed by atoms with Crippen LogP contribution in [0.2, 0.25) is 0 Å². The number of alkyl halides is 3. The van der Waals surface area contributed by atoms with Crippen LogP contribution >= 0.6 is 0 Å². The van der Waals surface area contributed by atoms with Crippen molar-refractivity contribution in [1.29, 1.82) is 0 Å². The highest BCUT2D eigenvalue weighted by atomic mass is 19.3. The molecule has 0 radical (unpaired) electrons. The van der Waals surface area contributed by atoms with Gasteiger partial charge in [-0.1, -0.05) is 6.08 Å². The molecular weight excluding hydrogens is 179 g/mol. The minimum Gasteiger partial charge on any atom is -0.402 e. The Balaban J connectivity index is 2.17. The number of rotatable bonds is 1. The molecule has 0 bridgehead atoms. The number of hydrogen-bond donors (Lipinski definition) is 1. The van der Waals surface area contributed by atoms with Crippen molar-refractivity contribution in [3.63, 3.8) is 0 Å². The minimum atomic E-state index is -2.78. The molecule has 0 aliphatic heterocycles. The van der Waals surface area contributed by atoms with Crippen molar-refractivity contribution in [1.82, 2.24) is 0 Å². The Morgan fingerprint density at radius 2 is 2.15 bits per heavy atom. The Morgan fingerprint density at radius 1 is 1.54 bits per heavy atom. The number of fused-ring (bicyclic) bond motifs is 1. The largest absolute Gasteiger partial charge is 0.402 e. The zero-order chi connectivity index (χ0) is 9.80. The van der Waals surface area contributed by atoms with Gasteiger partial charge < -0.3 is 5.73 Å². The van der Waals surface area contributed by atoms with Gasteiger partial charge in [0.1, 0.15) is 6.17 Å². The fourth-order valence-corrected chi connectivity index (χ4v) is 2.39. The van der Waals surface area contributed by atoms with Gasteiger partial charge in [0.05, 0.1) is 0 Å². The van der Waals surface area contributed by atoms with E-state index in [1.54, 1.807) is 6.08 Å². The molecule has 2 aliphatic rings. The fourth-order valence-electron chi connectivity index (χ4n) is 2.39. The van der Waals surface area contributed by atoms with E-state index in [9.17, 15) is 13.2 Å². The molecule has 4 heteroatoms. The molecule has 0 heterocycles. The van der Waals surface area contributed by atoms with Gasteiger partial charge in [0.15, 0.2) is 0 Å². The first-order chi connectivity index (χ1) is 5.91. The van der Waals surface area contributed by atoms with Gasteiger partial charge in [-0.15, -0.1) is 0 Å². The number of hydrogen-bond acceptors (Lipinski definition) is 1. The van der Waals surface area contributed by atoms with Crippen molar-refractivity contribution in [3.8, 4) is 0 Å². The van der Waals surface area contributed by atoms with E-state index in [0.29, 0.717) is 5.70 Å². The van der Waals surface area contributed by atoms with Crippen LogP contribution in [-0.4, -0.2) is 12.1 Å². The second kappa shape index (κ2) is 2.42.